The van der Waals surface area contributed by atoms with Crippen molar-refractivity contribution >= 4 is 16.7 Å². The minimum Gasteiger partial charge on any atom is -0.354 e. The van der Waals surface area contributed by atoms with Crippen LogP contribution >= 0.6 is 0 Å². The van der Waals surface area contributed by atoms with Crippen LogP contribution in [0.15, 0.2) is 36.4 Å². The number of hydrogen-bond acceptors (Lipinski definition) is 4. The van der Waals surface area contributed by atoms with E-state index in [1.165, 1.54) is 5.39 Å². The van der Waals surface area contributed by atoms with E-state index in [-0.39, 0.29) is 0 Å². The maximum absolute atomic E-state index is 8.70. The topological polar surface area (TPSA) is 43.2 Å². The lowest BCUT2D eigenvalue weighted by molar-refractivity contribution is 0.286. The largest absolute Gasteiger partial charge is 0.354 e. The molecule has 0 spiro atoms. The third kappa shape index (κ3) is 2.51. The van der Waals surface area contributed by atoms with Crippen molar-refractivity contribution in [3.05, 3.63) is 36.4 Å². The Bertz CT molecular complexity index is 609. The molecule has 96 valence electrons. The molecule has 0 amide bonds. The standard InChI is InChI=1S/C15H16N4/c16-7-8-18-9-11-19(12-10-18)15-6-5-13-3-1-2-4-14(13)17-15/h1-6H,8-12H2. The summed E-state index contributed by atoms with van der Waals surface area (Å²) in [6.45, 7) is 4.27. The molecule has 3 rings (SSSR count). The summed E-state index contributed by atoms with van der Waals surface area (Å²) in [5.74, 6) is 1.04. The molecule has 1 fully saturated rings. The molecule has 0 atom stereocenters. The highest BCUT2D eigenvalue weighted by molar-refractivity contribution is 5.80. The van der Waals surface area contributed by atoms with Gasteiger partial charge in [0, 0.05) is 31.6 Å². The normalized spacial score (nSPS) is 16.5. The lowest BCUT2D eigenvalue weighted by Gasteiger charge is -2.34. The van der Waals surface area contributed by atoms with E-state index in [2.05, 4.69) is 34.1 Å². The van der Waals surface area contributed by atoms with Gasteiger partial charge in [-0.05, 0) is 18.2 Å². The number of anilines is 1. The van der Waals surface area contributed by atoms with Crippen LogP contribution in [0.25, 0.3) is 10.9 Å². The summed E-state index contributed by atoms with van der Waals surface area (Å²) in [5.41, 5.74) is 1.04. The Labute approximate surface area is 112 Å². The van der Waals surface area contributed by atoms with E-state index in [4.69, 9.17) is 10.2 Å². The predicted molar refractivity (Wildman–Crippen MR) is 76.0 cm³/mol. The third-order valence-electron chi connectivity index (χ3n) is 3.57. The summed E-state index contributed by atoms with van der Waals surface area (Å²) in [4.78, 5) is 9.18. The molecule has 2 aromatic rings. The SMILES string of the molecule is N#CCN1CCN(c2ccc3ccccc3n2)CC1. The number of hydrogen-bond donors (Lipinski definition) is 0. The molecule has 0 N–H and O–H groups in total. The average Bonchev–Trinajstić information content (AvgIpc) is 2.48. The Morgan fingerprint density at radius 2 is 1.84 bits per heavy atom. The van der Waals surface area contributed by atoms with Crippen LogP contribution in [0.5, 0.6) is 0 Å². The molecule has 1 aliphatic rings. The summed E-state index contributed by atoms with van der Waals surface area (Å²) in [6.07, 6.45) is 0. The van der Waals surface area contributed by atoms with E-state index >= 15 is 0 Å². The predicted octanol–water partition coefficient (Wildman–Crippen LogP) is 1.88. The fourth-order valence-electron chi connectivity index (χ4n) is 2.47. The van der Waals surface area contributed by atoms with Crippen molar-refractivity contribution in [1.29, 1.82) is 5.26 Å². The molecule has 0 aliphatic carbocycles. The highest BCUT2D eigenvalue weighted by Crippen LogP contribution is 2.18. The fraction of sp³-hybridized carbons (Fsp3) is 0.333. The summed E-state index contributed by atoms with van der Waals surface area (Å²) in [5, 5.41) is 9.88. The number of nitriles is 1. The Hall–Kier alpha value is -2.12. The number of piperazine rings is 1. The first-order valence-electron chi connectivity index (χ1n) is 6.57. The maximum Gasteiger partial charge on any atom is 0.129 e. The van der Waals surface area contributed by atoms with Crippen molar-refractivity contribution in [3.8, 4) is 6.07 Å². The number of nitrogens with zero attached hydrogens (tertiary/aromatic N) is 4. The van der Waals surface area contributed by atoms with Gasteiger partial charge in [-0.2, -0.15) is 5.26 Å². The number of benzene rings is 1. The highest BCUT2D eigenvalue weighted by Gasteiger charge is 2.17. The van der Waals surface area contributed by atoms with Crippen LogP contribution < -0.4 is 4.90 Å². The van der Waals surface area contributed by atoms with Crippen molar-refractivity contribution < 1.29 is 0 Å². The maximum atomic E-state index is 8.70. The van der Waals surface area contributed by atoms with Crippen LogP contribution in [-0.4, -0.2) is 42.6 Å². The molecular weight excluding hydrogens is 236 g/mol. The van der Waals surface area contributed by atoms with E-state index in [0.717, 1.165) is 37.5 Å². The monoisotopic (exact) mass is 252 g/mol. The van der Waals surface area contributed by atoms with Gasteiger partial charge in [-0.15, -0.1) is 0 Å². The van der Waals surface area contributed by atoms with Crippen LogP contribution in [0.1, 0.15) is 0 Å². The Morgan fingerprint density at radius 3 is 2.63 bits per heavy atom. The second kappa shape index (κ2) is 5.25. The zero-order valence-electron chi connectivity index (χ0n) is 10.8. The van der Waals surface area contributed by atoms with Gasteiger partial charge in [0.15, 0.2) is 0 Å². The molecule has 0 saturated carbocycles. The number of rotatable bonds is 2. The smallest absolute Gasteiger partial charge is 0.129 e. The first kappa shape index (κ1) is 11.9. The molecule has 0 radical (unpaired) electrons. The molecular formula is C15H16N4. The highest BCUT2D eigenvalue weighted by atomic mass is 15.3. The zero-order chi connectivity index (χ0) is 13.1. The number of aromatic nitrogens is 1. The third-order valence-corrected chi connectivity index (χ3v) is 3.57. The van der Waals surface area contributed by atoms with E-state index in [0.29, 0.717) is 6.54 Å². The molecule has 4 nitrogen and oxygen atoms in total. The van der Waals surface area contributed by atoms with Crippen molar-refractivity contribution in [1.82, 2.24) is 9.88 Å². The van der Waals surface area contributed by atoms with Crippen LogP contribution in [0, 0.1) is 11.3 Å². The first-order chi connectivity index (χ1) is 9.36. The molecule has 0 bridgehead atoms. The fourth-order valence-corrected chi connectivity index (χ4v) is 2.47. The molecule has 0 unspecified atom stereocenters. The second-order valence-electron chi connectivity index (χ2n) is 4.78. The molecule has 1 saturated heterocycles. The minimum absolute atomic E-state index is 0.527. The van der Waals surface area contributed by atoms with Crippen LogP contribution in [0.2, 0.25) is 0 Å². The van der Waals surface area contributed by atoms with Crippen molar-refractivity contribution in [2.45, 2.75) is 0 Å². The molecule has 1 aliphatic heterocycles. The van der Waals surface area contributed by atoms with Gasteiger partial charge in [0.05, 0.1) is 18.1 Å². The molecule has 4 heteroatoms. The first-order valence-corrected chi connectivity index (χ1v) is 6.57. The Morgan fingerprint density at radius 1 is 1.05 bits per heavy atom. The van der Waals surface area contributed by atoms with Gasteiger partial charge < -0.3 is 4.90 Å². The van der Waals surface area contributed by atoms with E-state index < -0.39 is 0 Å². The van der Waals surface area contributed by atoms with Crippen molar-refractivity contribution in [2.75, 3.05) is 37.6 Å². The average molecular weight is 252 g/mol. The van der Waals surface area contributed by atoms with Crippen molar-refractivity contribution in [3.63, 3.8) is 0 Å². The summed E-state index contributed by atoms with van der Waals surface area (Å²) in [7, 11) is 0. The van der Waals surface area contributed by atoms with Gasteiger partial charge in [0.2, 0.25) is 0 Å². The van der Waals surface area contributed by atoms with Crippen LogP contribution in [0.4, 0.5) is 5.82 Å². The lowest BCUT2D eigenvalue weighted by Crippen LogP contribution is -2.46. The van der Waals surface area contributed by atoms with Gasteiger partial charge in [0.25, 0.3) is 0 Å². The zero-order valence-corrected chi connectivity index (χ0v) is 10.8. The van der Waals surface area contributed by atoms with Crippen LogP contribution in [0.3, 0.4) is 0 Å². The summed E-state index contributed by atoms with van der Waals surface area (Å²) >= 11 is 0. The van der Waals surface area contributed by atoms with Gasteiger partial charge in [-0.25, -0.2) is 4.98 Å². The molecule has 1 aromatic heterocycles. The Balaban J connectivity index is 1.77. The summed E-state index contributed by atoms with van der Waals surface area (Å²) < 4.78 is 0. The van der Waals surface area contributed by atoms with Gasteiger partial charge >= 0.3 is 0 Å². The molecule has 1 aromatic carbocycles. The minimum atomic E-state index is 0.527. The summed E-state index contributed by atoms with van der Waals surface area (Å²) in [6, 6.07) is 14.6. The number of fused-ring (bicyclic) bond motifs is 1. The number of pyridine rings is 1. The van der Waals surface area contributed by atoms with E-state index in [9.17, 15) is 0 Å². The Kier molecular flexibility index (Phi) is 3.30. The quantitative estimate of drug-likeness (QED) is 0.765. The number of para-hydroxylation sites is 1. The van der Waals surface area contributed by atoms with Crippen LogP contribution in [-0.2, 0) is 0 Å². The second-order valence-corrected chi connectivity index (χ2v) is 4.78. The van der Waals surface area contributed by atoms with Gasteiger partial charge in [0.1, 0.15) is 5.82 Å². The van der Waals surface area contributed by atoms with Gasteiger partial charge in [-0.1, -0.05) is 18.2 Å². The molecule has 2 heterocycles. The lowest BCUT2D eigenvalue weighted by atomic mass is 10.2. The van der Waals surface area contributed by atoms with Crippen molar-refractivity contribution in [2.24, 2.45) is 0 Å². The van der Waals surface area contributed by atoms with E-state index in [1.54, 1.807) is 0 Å². The molecule has 19 heavy (non-hydrogen) atoms. The van der Waals surface area contributed by atoms with E-state index in [1.807, 2.05) is 18.2 Å². The van der Waals surface area contributed by atoms with Gasteiger partial charge in [-0.3, -0.25) is 4.90 Å².